The molecule has 5 rings (SSSR count). The topological polar surface area (TPSA) is 110 Å². The second-order valence-electron chi connectivity index (χ2n) is 9.88. The lowest BCUT2D eigenvalue weighted by Gasteiger charge is -2.25. The van der Waals surface area contributed by atoms with Crippen molar-refractivity contribution in [2.24, 2.45) is 0 Å². The molecular weight excluding hydrogens is 516 g/mol. The van der Waals surface area contributed by atoms with Crippen LogP contribution in [0, 0.1) is 13.8 Å². The van der Waals surface area contributed by atoms with Gasteiger partial charge in [-0.25, -0.2) is 0 Å². The van der Waals surface area contributed by atoms with Crippen molar-refractivity contribution in [1.29, 1.82) is 0 Å². The number of aromatic nitrogens is 4. The number of nitrogens with one attached hydrogen (secondary N) is 2. The first-order chi connectivity index (χ1) is 18.4. The number of aryl methyl sites for hydroxylation is 2. The third-order valence-corrected chi connectivity index (χ3v) is 8.64. The van der Waals surface area contributed by atoms with Crippen molar-refractivity contribution < 1.29 is 9.59 Å². The molecule has 0 saturated heterocycles. The number of amides is 2. The Labute approximate surface area is 229 Å². The monoisotopic (exact) mass is 546 g/mol. The lowest BCUT2D eigenvalue weighted by atomic mass is 9.82. The molecule has 2 aromatic heterocycles. The average molecular weight is 547 g/mol. The Morgan fingerprint density at radius 3 is 1.68 bits per heavy atom. The van der Waals surface area contributed by atoms with Crippen LogP contribution in [0.15, 0.2) is 48.5 Å². The molecule has 1 fully saturated rings. The van der Waals surface area contributed by atoms with E-state index in [2.05, 4.69) is 31.0 Å². The first kappa shape index (κ1) is 26.1. The smallest absolute Gasteiger partial charge is 0.230 e. The van der Waals surface area contributed by atoms with Gasteiger partial charge in [0.15, 0.2) is 0 Å². The van der Waals surface area contributed by atoms with Crippen LogP contribution in [-0.2, 0) is 22.4 Å². The minimum absolute atomic E-state index is 0.0920. The highest BCUT2D eigenvalue weighted by Gasteiger charge is 2.29. The quantitative estimate of drug-likeness (QED) is 0.289. The van der Waals surface area contributed by atoms with E-state index in [1.165, 1.54) is 22.7 Å². The number of hydrogen-bond donors (Lipinski definition) is 2. The zero-order valence-electron chi connectivity index (χ0n) is 21.4. The van der Waals surface area contributed by atoms with E-state index in [-0.39, 0.29) is 23.7 Å². The van der Waals surface area contributed by atoms with Crippen LogP contribution in [0.25, 0.3) is 0 Å². The number of rotatable bonds is 8. The molecule has 2 N–H and O–H groups in total. The van der Waals surface area contributed by atoms with Crippen molar-refractivity contribution in [2.45, 2.75) is 64.2 Å². The fraction of sp³-hybridized carbons (Fsp3) is 0.357. The maximum atomic E-state index is 12.5. The molecule has 2 heterocycles. The molecule has 0 aliphatic heterocycles. The van der Waals surface area contributed by atoms with Gasteiger partial charge >= 0.3 is 0 Å². The molecule has 1 aliphatic rings. The number of carbonyl (C=O) groups is 2. The molecule has 2 aromatic carbocycles. The fourth-order valence-corrected chi connectivity index (χ4v) is 6.69. The first-order valence-electron chi connectivity index (χ1n) is 12.8. The van der Waals surface area contributed by atoms with Crippen LogP contribution in [0.1, 0.15) is 69.8 Å². The van der Waals surface area contributed by atoms with E-state index in [4.69, 9.17) is 0 Å². The predicted octanol–water partition coefficient (Wildman–Crippen LogP) is 5.81. The SMILES string of the molecule is Cc1cccc(CC(=O)Nc2nnc([C@@H]3CCC[C@@H](c4nnc(NC(=O)Cc5cccc(C)c5)s4)C3)s2)c1. The summed E-state index contributed by atoms with van der Waals surface area (Å²) in [5.74, 6) is 0.338. The van der Waals surface area contributed by atoms with Crippen LogP contribution in [0.2, 0.25) is 0 Å². The number of anilines is 2. The summed E-state index contributed by atoms with van der Waals surface area (Å²) < 4.78 is 0. The van der Waals surface area contributed by atoms with E-state index < -0.39 is 0 Å². The molecule has 0 bridgehead atoms. The number of benzene rings is 2. The molecule has 0 unspecified atom stereocenters. The normalized spacial score (nSPS) is 17.2. The molecule has 0 spiro atoms. The molecule has 8 nitrogen and oxygen atoms in total. The first-order valence-corrected chi connectivity index (χ1v) is 14.4. The van der Waals surface area contributed by atoms with Gasteiger partial charge in [-0.05, 0) is 44.2 Å². The summed E-state index contributed by atoms with van der Waals surface area (Å²) in [7, 11) is 0. The van der Waals surface area contributed by atoms with Gasteiger partial charge < -0.3 is 10.6 Å². The van der Waals surface area contributed by atoms with Crippen LogP contribution in [0.4, 0.5) is 10.3 Å². The van der Waals surface area contributed by atoms with Crippen molar-refractivity contribution in [3.8, 4) is 0 Å². The van der Waals surface area contributed by atoms with Gasteiger partial charge in [0, 0.05) is 11.8 Å². The molecule has 1 aliphatic carbocycles. The van der Waals surface area contributed by atoms with E-state index in [1.54, 1.807) is 0 Å². The molecule has 196 valence electrons. The van der Waals surface area contributed by atoms with E-state index in [1.807, 2.05) is 62.4 Å². The zero-order chi connectivity index (χ0) is 26.5. The van der Waals surface area contributed by atoms with Crippen LogP contribution >= 0.6 is 22.7 Å². The average Bonchev–Trinajstić information content (AvgIpc) is 3.54. The summed E-state index contributed by atoms with van der Waals surface area (Å²) in [5.41, 5.74) is 4.22. The molecule has 4 aromatic rings. The summed E-state index contributed by atoms with van der Waals surface area (Å²) in [5, 5.41) is 26.0. The Kier molecular flexibility index (Phi) is 8.19. The van der Waals surface area contributed by atoms with Gasteiger partial charge in [-0.15, -0.1) is 20.4 Å². The van der Waals surface area contributed by atoms with Crippen LogP contribution in [-0.4, -0.2) is 32.2 Å². The molecule has 2 atom stereocenters. The van der Waals surface area contributed by atoms with Gasteiger partial charge in [-0.3, -0.25) is 9.59 Å². The zero-order valence-corrected chi connectivity index (χ0v) is 23.1. The van der Waals surface area contributed by atoms with Gasteiger partial charge in [0.2, 0.25) is 22.1 Å². The maximum absolute atomic E-state index is 12.5. The van der Waals surface area contributed by atoms with Crippen LogP contribution in [0.5, 0.6) is 0 Å². The highest BCUT2D eigenvalue weighted by atomic mass is 32.1. The Morgan fingerprint density at radius 2 is 1.24 bits per heavy atom. The molecule has 0 radical (unpaired) electrons. The van der Waals surface area contributed by atoms with Gasteiger partial charge in [0.05, 0.1) is 12.8 Å². The summed E-state index contributed by atoms with van der Waals surface area (Å²) in [6.45, 7) is 4.03. The van der Waals surface area contributed by atoms with Gasteiger partial charge in [-0.1, -0.05) is 88.8 Å². The molecular formula is C28H30N6O2S2. The highest BCUT2D eigenvalue weighted by molar-refractivity contribution is 7.15. The van der Waals surface area contributed by atoms with Gasteiger partial charge in [-0.2, -0.15) is 0 Å². The summed E-state index contributed by atoms with van der Waals surface area (Å²) in [4.78, 5) is 25.0. The van der Waals surface area contributed by atoms with Crippen molar-refractivity contribution in [3.05, 3.63) is 80.8 Å². The highest BCUT2D eigenvalue weighted by Crippen LogP contribution is 2.43. The molecule has 2 amide bonds. The van der Waals surface area contributed by atoms with E-state index >= 15 is 0 Å². The minimum Gasteiger partial charge on any atom is -0.300 e. The van der Waals surface area contributed by atoms with Crippen molar-refractivity contribution in [3.63, 3.8) is 0 Å². The summed E-state index contributed by atoms with van der Waals surface area (Å²) >= 11 is 2.90. The van der Waals surface area contributed by atoms with Crippen LogP contribution in [0.3, 0.4) is 0 Å². The Hall–Kier alpha value is -3.50. The van der Waals surface area contributed by atoms with Crippen molar-refractivity contribution >= 4 is 44.8 Å². The third-order valence-electron chi connectivity index (χ3n) is 6.64. The maximum Gasteiger partial charge on any atom is 0.230 e. The van der Waals surface area contributed by atoms with Gasteiger partial charge in [0.25, 0.3) is 0 Å². The minimum atomic E-state index is -0.0920. The standard InChI is InChI=1S/C28H30N6O2S2/c1-17-6-3-8-19(12-17)14-23(35)29-27-33-31-25(37-27)21-10-5-11-22(16-21)26-32-34-28(38-26)30-24(36)15-20-9-4-7-18(2)13-20/h3-4,6-9,12-13,21-22H,5,10-11,14-16H2,1-2H3,(H,29,33,35)(H,30,34,36)/t21-,22-/m1/s1. The number of hydrogen-bond acceptors (Lipinski definition) is 8. The largest absolute Gasteiger partial charge is 0.300 e. The lowest BCUT2D eigenvalue weighted by Crippen LogP contribution is -2.14. The third kappa shape index (κ3) is 6.87. The summed E-state index contributed by atoms with van der Waals surface area (Å²) in [6, 6.07) is 15.9. The lowest BCUT2D eigenvalue weighted by molar-refractivity contribution is -0.116. The molecule has 1 saturated carbocycles. The Bertz CT molecular complexity index is 1330. The second-order valence-corrected chi connectivity index (χ2v) is 11.9. The number of nitrogens with zero attached hydrogens (tertiary/aromatic N) is 4. The Morgan fingerprint density at radius 1 is 0.763 bits per heavy atom. The van der Waals surface area contributed by atoms with E-state index in [0.29, 0.717) is 23.1 Å². The number of carbonyl (C=O) groups excluding carboxylic acids is 2. The fourth-order valence-electron chi connectivity index (χ4n) is 4.88. The molecule has 10 heteroatoms. The van der Waals surface area contributed by atoms with E-state index in [0.717, 1.165) is 58.0 Å². The van der Waals surface area contributed by atoms with Gasteiger partial charge in [0.1, 0.15) is 10.0 Å². The summed E-state index contributed by atoms with van der Waals surface area (Å²) in [6.07, 6.45) is 4.63. The Balaban J connectivity index is 1.15. The molecule has 38 heavy (non-hydrogen) atoms. The van der Waals surface area contributed by atoms with Crippen LogP contribution < -0.4 is 10.6 Å². The van der Waals surface area contributed by atoms with Crippen molar-refractivity contribution in [1.82, 2.24) is 20.4 Å². The van der Waals surface area contributed by atoms with Crippen molar-refractivity contribution in [2.75, 3.05) is 10.6 Å². The second kappa shape index (κ2) is 11.9. The predicted molar refractivity (Wildman–Crippen MR) is 151 cm³/mol. The van der Waals surface area contributed by atoms with E-state index in [9.17, 15) is 9.59 Å².